The van der Waals surface area contributed by atoms with Crippen LogP contribution in [-0.2, 0) is 22.8 Å². The highest BCUT2D eigenvalue weighted by Crippen LogP contribution is 2.19. The highest BCUT2D eigenvalue weighted by Gasteiger charge is 2.06. The average molecular weight is 430 g/mol. The van der Waals surface area contributed by atoms with Gasteiger partial charge in [-0.3, -0.25) is 4.99 Å². The second-order valence-electron chi connectivity index (χ2n) is 5.25. The lowest BCUT2D eigenvalue weighted by atomic mass is 10.1. The van der Waals surface area contributed by atoms with Crippen LogP contribution in [0.15, 0.2) is 50.1 Å². The van der Waals surface area contributed by atoms with Gasteiger partial charge in [0.25, 0.3) is 0 Å². The van der Waals surface area contributed by atoms with Gasteiger partial charge in [-0.25, -0.2) is 8.42 Å². The van der Waals surface area contributed by atoms with Gasteiger partial charge in [-0.2, -0.15) is 0 Å². The molecule has 2 aromatic rings. The van der Waals surface area contributed by atoms with Gasteiger partial charge in [0, 0.05) is 34.6 Å². The molecule has 5 nitrogen and oxygen atoms in total. The number of guanidine groups is 1. The van der Waals surface area contributed by atoms with E-state index in [1.807, 2.05) is 17.5 Å². The summed E-state index contributed by atoms with van der Waals surface area (Å²) in [6.07, 6.45) is 2.00. The highest BCUT2D eigenvalue weighted by molar-refractivity contribution is 9.10. The Morgan fingerprint density at radius 2 is 1.96 bits per heavy atom. The van der Waals surface area contributed by atoms with Crippen molar-refractivity contribution in [2.75, 3.05) is 19.8 Å². The molecule has 0 spiro atoms. The van der Waals surface area contributed by atoms with E-state index in [0.717, 1.165) is 29.0 Å². The second-order valence-corrected chi connectivity index (χ2v) is 9.18. The van der Waals surface area contributed by atoms with Crippen molar-refractivity contribution in [3.63, 3.8) is 0 Å². The Morgan fingerprint density at radius 1 is 1.25 bits per heavy atom. The van der Waals surface area contributed by atoms with Gasteiger partial charge in [-0.1, -0.05) is 12.1 Å². The Hall–Kier alpha value is -1.38. The Bertz CT molecular complexity index is 799. The van der Waals surface area contributed by atoms with Crippen LogP contribution >= 0.6 is 27.3 Å². The lowest BCUT2D eigenvalue weighted by molar-refractivity contribution is 0.602. The normalized spacial score (nSPS) is 12.2. The summed E-state index contributed by atoms with van der Waals surface area (Å²) in [6, 6.07) is 9.06. The molecule has 1 heterocycles. The van der Waals surface area contributed by atoms with Crippen LogP contribution in [0.5, 0.6) is 0 Å². The Balaban J connectivity index is 1.79. The zero-order valence-electron chi connectivity index (χ0n) is 13.5. The van der Waals surface area contributed by atoms with Crippen molar-refractivity contribution in [3.05, 3.63) is 50.6 Å². The van der Waals surface area contributed by atoms with Crippen molar-refractivity contribution in [1.29, 1.82) is 0 Å². The van der Waals surface area contributed by atoms with Gasteiger partial charge in [-0.15, -0.1) is 11.3 Å². The Morgan fingerprint density at radius 3 is 2.50 bits per heavy atom. The van der Waals surface area contributed by atoms with Crippen molar-refractivity contribution in [3.8, 4) is 0 Å². The molecule has 24 heavy (non-hydrogen) atoms. The number of nitrogens with zero attached hydrogens (tertiary/aromatic N) is 1. The van der Waals surface area contributed by atoms with Gasteiger partial charge in [0.1, 0.15) is 0 Å². The molecule has 2 rings (SSSR count). The lowest BCUT2D eigenvalue weighted by Gasteiger charge is -2.11. The van der Waals surface area contributed by atoms with Crippen molar-refractivity contribution < 1.29 is 8.42 Å². The van der Waals surface area contributed by atoms with E-state index >= 15 is 0 Å². The molecule has 130 valence electrons. The van der Waals surface area contributed by atoms with Gasteiger partial charge >= 0.3 is 0 Å². The zero-order chi connectivity index (χ0) is 17.6. The standard InChI is InChI=1S/C16H20BrN3O2S2/c1-18-16(20-10-14-9-13(17)11-23-14)19-8-7-12-3-5-15(6-4-12)24(2,21)22/h3-6,9,11H,7-8,10H2,1-2H3,(H2,18,19,20). The van der Waals surface area contributed by atoms with E-state index in [2.05, 4.69) is 37.6 Å². The number of halogens is 1. The summed E-state index contributed by atoms with van der Waals surface area (Å²) in [6.45, 7) is 1.44. The molecule has 1 aromatic heterocycles. The molecule has 0 unspecified atom stereocenters. The number of aliphatic imine (C=N–C) groups is 1. The molecular formula is C16H20BrN3O2S2. The highest BCUT2D eigenvalue weighted by atomic mass is 79.9. The fourth-order valence-corrected chi connectivity index (χ4v) is 4.09. The first-order chi connectivity index (χ1) is 11.4. The maximum atomic E-state index is 11.4. The number of rotatable bonds is 6. The third kappa shape index (κ3) is 5.92. The number of hydrogen-bond acceptors (Lipinski definition) is 4. The van der Waals surface area contributed by atoms with Crippen LogP contribution in [0, 0.1) is 0 Å². The van der Waals surface area contributed by atoms with Gasteiger partial charge in [0.05, 0.1) is 11.4 Å². The van der Waals surface area contributed by atoms with E-state index in [4.69, 9.17) is 0 Å². The Labute approximate surface area is 155 Å². The summed E-state index contributed by atoms with van der Waals surface area (Å²) in [5.41, 5.74) is 1.08. The van der Waals surface area contributed by atoms with Crippen LogP contribution in [0.25, 0.3) is 0 Å². The fraction of sp³-hybridized carbons (Fsp3) is 0.312. The number of thiophene rings is 1. The van der Waals surface area contributed by atoms with E-state index in [1.54, 1.807) is 30.5 Å². The average Bonchev–Trinajstić information content (AvgIpc) is 2.96. The van der Waals surface area contributed by atoms with E-state index in [0.29, 0.717) is 11.4 Å². The van der Waals surface area contributed by atoms with Crippen LogP contribution in [0.3, 0.4) is 0 Å². The van der Waals surface area contributed by atoms with Crippen molar-refractivity contribution in [1.82, 2.24) is 10.6 Å². The van der Waals surface area contributed by atoms with Gasteiger partial charge in [-0.05, 0) is 46.1 Å². The summed E-state index contributed by atoms with van der Waals surface area (Å²) < 4.78 is 24.0. The van der Waals surface area contributed by atoms with E-state index < -0.39 is 9.84 Å². The van der Waals surface area contributed by atoms with E-state index in [9.17, 15) is 8.42 Å². The zero-order valence-corrected chi connectivity index (χ0v) is 16.8. The van der Waals surface area contributed by atoms with Crippen LogP contribution in [0.1, 0.15) is 10.4 Å². The molecule has 0 bridgehead atoms. The summed E-state index contributed by atoms with van der Waals surface area (Å²) >= 11 is 5.13. The van der Waals surface area contributed by atoms with Crippen LogP contribution in [0.2, 0.25) is 0 Å². The molecular weight excluding hydrogens is 410 g/mol. The fourth-order valence-electron chi connectivity index (χ4n) is 2.07. The first-order valence-electron chi connectivity index (χ1n) is 7.35. The minimum absolute atomic E-state index is 0.346. The summed E-state index contributed by atoms with van der Waals surface area (Å²) in [5, 5.41) is 8.57. The SMILES string of the molecule is CN=C(NCCc1ccc(S(C)(=O)=O)cc1)NCc1cc(Br)cs1. The second kappa shape index (κ2) is 8.64. The van der Waals surface area contributed by atoms with Crippen molar-refractivity contribution in [2.45, 2.75) is 17.9 Å². The predicted octanol–water partition coefficient (Wildman–Crippen LogP) is 2.82. The minimum Gasteiger partial charge on any atom is -0.356 e. The lowest BCUT2D eigenvalue weighted by Crippen LogP contribution is -2.37. The molecule has 2 N–H and O–H groups in total. The number of benzene rings is 1. The Kier molecular flexibility index (Phi) is 6.82. The van der Waals surface area contributed by atoms with Crippen molar-refractivity contribution in [2.24, 2.45) is 4.99 Å². The molecule has 0 saturated heterocycles. The van der Waals surface area contributed by atoms with E-state index in [1.165, 1.54) is 11.1 Å². The van der Waals surface area contributed by atoms with Crippen LogP contribution < -0.4 is 10.6 Å². The first kappa shape index (κ1) is 19.0. The maximum absolute atomic E-state index is 11.4. The molecule has 0 atom stereocenters. The molecule has 8 heteroatoms. The summed E-state index contributed by atoms with van der Waals surface area (Å²) in [5.74, 6) is 0.743. The third-order valence-corrected chi connectivity index (χ3v) is 6.16. The maximum Gasteiger partial charge on any atom is 0.191 e. The smallest absolute Gasteiger partial charge is 0.191 e. The monoisotopic (exact) mass is 429 g/mol. The number of hydrogen-bond donors (Lipinski definition) is 2. The molecule has 0 aliphatic carbocycles. The summed E-state index contributed by atoms with van der Waals surface area (Å²) in [7, 11) is -1.40. The predicted molar refractivity (Wildman–Crippen MR) is 103 cm³/mol. The molecule has 0 aliphatic heterocycles. The third-order valence-electron chi connectivity index (χ3n) is 3.33. The quantitative estimate of drug-likeness (QED) is 0.546. The molecule has 0 amide bonds. The van der Waals surface area contributed by atoms with Gasteiger partial charge < -0.3 is 10.6 Å². The molecule has 0 radical (unpaired) electrons. The largest absolute Gasteiger partial charge is 0.356 e. The molecule has 0 saturated carbocycles. The van der Waals surface area contributed by atoms with Gasteiger partial charge in [0.2, 0.25) is 0 Å². The molecule has 0 fully saturated rings. The van der Waals surface area contributed by atoms with Crippen LogP contribution in [0.4, 0.5) is 0 Å². The van der Waals surface area contributed by atoms with E-state index in [-0.39, 0.29) is 0 Å². The summed E-state index contributed by atoms with van der Waals surface area (Å²) in [4.78, 5) is 5.76. The van der Waals surface area contributed by atoms with Crippen LogP contribution in [-0.4, -0.2) is 34.2 Å². The number of nitrogens with one attached hydrogen (secondary N) is 2. The number of sulfone groups is 1. The topological polar surface area (TPSA) is 70.6 Å². The van der Waals surface area contributed by atoms with Crippen molar-refractivity contribution >= 4 is 43.1 Å². The first-order valence-corrected chi connectivity index (χ1v) is 10.9. The molecule has 0 aliphatic rings. The van der Waals surface area contributed by atoms with Gasteiger partial charge in [0.15, 0.2) is 15.8 Å². The molecule has 1 aromatic carbocycles. The minimum atomic E-state index is -3.14.